The van der Waals surface area contributed by atoms with Crippen LogP contribution in [0.25, 0.3) is 0 Å². The van der Waals surface area contributed by atoms with Crippen molar-refractivity contribution in [2.75, 3.05) is 4.90 Å². The molecule has 0 aromatic heterocycles. The predicted octanol–water partition coefficient (Wildman–Crippen LogP) is 2.44. The zero-order valence-corrected chi connectivity index (χ0v) is 11.6. The highest BCUT2D eigenvalue weighted by Crippen LogP contribution is 2.27. The summed E-state index contributed by atoms with van der Waals surface area (Å²) in [5, 5.41) is 7.60. The minimum atomic E-state index is -0.215. The van der Waals surface area contributed by atoms with E-state index in [9.17, 15) is 0 Å². The maximum absolute atomic E-state index is 5.48. The van der Waals surface area contributed by atoms with Gasteiger partial charge in [-0.15, -0.1) is 0 Å². The van der Waals surface area contributed by atoms with Gasteiger partial charge in [-0.25, -0.2) is 0 Å². The Labute approximate surface area is 108 Å². The largest absolute Gasteiger partial charge is 0.345 e. The average molecular weight is 249 g/mol. The van der Waals surface area contributed by atoms with Gasteiger partial charge in [0.1, 0.15) is 0 Å². The van der Waals surface area contributed by atoms with Gasteiger partial charge in [-0.3, -0.25) is 5.32 Å². The SMILES string of the molecule is CC1(C)NC(=S)N(c2ccccc2)C(C)(C)N1. The maximum Gasteiger partial charge on any atom is 0.176 e. The van der Waals surface area contributed by atoms with Crippen molar-refractivity contribution in [2.45, 2.75) is 39.0 Å². The Morgan fingerprint density at radius 3 is 2.18 bits per heavy atom. The van der Waals surface area contributed by atoms with Crippen molar-refractivity contribution in [1.82, 2.24) is 10.6 Å². The highest BCUT2D eigenvalue weighted by atomic mass is 32.1. The van der Waals surface area contributed by atoms with E-state index < -0.39 is 0 Å². The van der Waals surface area contributed by atoms with Crippen LogP contribution in [-0.2, 0) is 0 Å². The molecule has 1 aliphatic heterocycles. The van der Waals surface area contributed by atoms with Crippen molar-refractivity contribution in [3.05, 3.63) is 30.3 Å². The zero-order chi connectivity index (χ0) is 12.7. The molecular weight excluding hydrogens is 230 g/mol. The minimum Gasteiger partial charge on any atom is -0.345 e. The van der Waals surface area contributed by atoms with Crippen LogP contribution in [0.1, 0.15) is 27.7 Å². The lowest BCUT2D eigenvalue weighted by molar-refractivity contribution is 0.229. The van der Waals surface area contributed by atoms with Crippen LogP contribution in [0.5, 0.6) is 0 Å². The molecule has 92 valence electrons. The van der Waals surface area contributed by atoms with Gasteiger partial charge in [-0.1, -0.05) is 18.2 Å². The van der Waals surface area contributed by atoms with Gasteiger partial charge in [0.05, 0.1) is 11.3 Å². The number of benzene rings is 1. The molecule has 2 rings (SSSR count). The summed E-state index contributed by atoms with van der Waals surface area (Å²) >= 11 is 5.48. The topological polar surface area (TPSA) is 27.3 Å². The fourth-order valence-electron chi connectivity index (χ4n) is 2.45. The second-order valence-corrected chi connectivity index (χ2v) is 5.80. The van der Waals surface area contributed by atoms with E-state index in [-0.39, 0.29) is 11.3 Å². The summed E-state index contributed by atoms with van der Waals surface area (Å²) in [6.07, 6.45) is 0. The number of hydrogen-bond acceptors (Lipinski definition) is 2. The van der Waals surface area contributed by atoms with Gasteiger partial charge in [-0.2, -0.15) is 0 Å². The number of rotatable bonds is 1. The minimum absolute atomic E-state index is 0.189. The van der Waals surface area contributed by atoms with E-state index in [4.69, 9.17) is 12.2 Å². The predicted molar refractivity (Wildman–Crippen MR) is 75.9 cm³/mol. The van der Waals surface area contributed by atoms with Gasteiger partial charge in [0, 0.05) is 5.69 Å². The van der Waals surface area contributed by atoms with E-state index in [0.29, 0.717) is 0 Å². The van der Waals surface area contributed by atoms with Crippen molar-refractivity contribution >= 4 is 23.0 Å². The Bertz CT molecular complexity index is 426. The summed E-state index contributed by atoms with van der Waals surface area (Å²) < 4.78 is 0. The van der Waals surface area contributed by atoms with Crippen molar-refractivity contribution in [3.8, 4) is 0 Å². The molecular formula is C13H19N3S. The fraction of sp³-hybridized carbons (Fsp3) is 0.462. The first-order valence-corrected chi connectivity index (χ1v) is 6.19. The van der Waals surface area contributed by atoms with E-state index in [1.807, 2.05) is 18.2 Å². The van der Waals surface area contributed by atoms with Crippen LogP contribution in [0.4, 0.5) is 5.69 Å². The van der Waals surface area contributed by atoms with Crippen molar-refractivity contribution in [2.24, 2.45) is 0 Å². The quantitative estimate of drug-likeness (QED) is 0.748. The summed E-state index contributed by atoms with van der Waals surface area (Å²) in [6, 6.07) is 10.2. The smallest absolute Gasteiger partial charge is 0.176 e. The summed E-state index contributed by atoms with van der Waals surface area (Å²) in [7, 11) is 0. The summed E-state index contributed by atoms with van der Waals surface area (Å²) in [4.78, 5) is 2.10. The molecule has 0 radical (unpaired) electrons. The molecule has 0 spiro atoms. The molecule has 0 bridgehead atoms. The highest BCUT2D eigenvalue weighted by Gasteiger charge is 2.40. The first kappa shape index (κ1) is 12.3. The molecule has 17 heavy (non-hydrogen) atoms. The highest BCUT2D eigenvalue weighted by molar-refractivity contribution is 7.80. The third-order valence-electron chi connectivity index (χ3n) is 2.81. The molecule has 1 aliphatic rings. The van der Waals surface area contributed by atoms with Crippen LogP contribution in [0.2, 0.25) is 0 Å². The Morgan fingerprint density at radius 2 is 1.65 bits per heavy atom. The van der Waals surface area contributed by atoms with E-state index in [2.05, 4.69) is 55.4 Å². The number of nitrogens with one attached hydrogen (secondary N) is 2. The lowest BCUT2D eigenvalue weighted by Crippen LogP contribution is -2.75. The number of hydrogen-bond donors (Lipinski definition) is 2. The number of nitrogens with zero attached hydrogens (tertiary/aromatic N) is 1. The molecule has 2 N–H and O–H groups in total. The first-order valence-electron chi connectivity index (χ1n) is 5.79. The van der Waals surface area contributed by atoms with Gasteiger partial charge < -0.3 is 10.2 Å². The van der Waals surface area contributed by atoms with Crippen LogP contribution in [0.3, 0.4) is 0 Å². The lowest BCUT2D eigenvalue weighted by atomic mass is 10.1. The van der Waals surface area contributed by atoms with Crippen LogP contribution in [0, 0.1) is 0 Å². The number of anilines is 1. The Balaban J connectivity index is 2.38. The second-order valence-electron chi connectivity index (χ2n) is 5.41. The van der Waals surface area contributed by atoms with Gasteiger partial charge in [0.15, 0.2) is 5.11 Å². The molecule has 1 heterocycles. The monoisotopic (exact) mass is 249 g/mol. The van der Waals surface area contributed by atoms with E-state index in [1.165, 1.54) is 0 Å². The molecule has 0 atom stereocenters. The summed E-state index contributed by atoms with van der Waals surface area (Å²) in [5.41, 5.74) is 0.692. The van der Waals surface area contributed by atoms with Gasteiger partial charge in [-0.05, 0) is 52.0 Å². The van der Waals surface area contributed by atoms with Crippen LogP contribution >= 0.6 is 12.2 Å². The molecule has 4 heteroatoms. The molecule has 1 fully saturated rings. The molecule has 0 unspecified atom stereocenters. The Hall–Kier alpha value is -1.13. The van der Waals surface area contributed by atoms with Crippen molar-refractivity contribution < 1.29 is 0 Å². The number of para-hydroxylation sites is 1. The standard InChI is InChI=1S/C13H19N3S/c1-12(2)14-11(17)16(13(3,4)15-12)10-8-6-5-7-9-10/h5-9,15H,1-4H3,(H,14,17). The molecule has 1 aromatic rings. The third-order valence-corrected chi connectivity index (χ3v) is 3.10. The van der Waals surface area contributed by atoms with Gasteiger partial charge >= 0.3 is 0 Å². The van der Waals surface area contributed by atoms with Crippen molar-refractivity contribution in [1.29, 1.82) is 0 Å². The molecule has 0 saturated carbocycles. The lowest BCUT2D eigenvalue weighted by Gasteiger charge is -2.52. The second kappa shape index (κ2) is 3.96. The first-order chi connectivity index (χ1) is 7.82. The molecule has 0 aliphatic carbocycles. The van der Waals surface area contributed by atoms with Crippen LogP contribution in [0.15, 0.2) is 30.3 Å². The molecule has 0 amide bonds. The molecule has 3 nitrogen and oxygen atoms in total. The van der Waals surface area contributed by atoms with E-state index >= 15 is 0 Å². The Morgan fingerprint density at radius 1 is 1.06 bits per heavy atom. The summed E-state index contributed by atoms with van der Waals surface area (Å²) in [6.45, 7) is 8.44. The maximum atomic E-state index is 5.48. The van der Waals surface area contributed by atoms with Gasteiger partial charge in [0.2, 0.25) is 0 Å². The van der Waals surface area contributed by atoms with E-state index in [1.54, 1.807) is 0 Å². The van der Waals surface area contributed by atoms with Gasteiger partial charge in [0.25, 0.3) is 0 Å². The average Bonchev–Trinajstić information content (AvgIpc) is 2.14. The fourth-order valence-corrected chi connectivity index (χ4v) is 3.03. The molecule has 1 aromatic carbocycles. The number of thiocarbonyl (C=S) groups is 1. The summed E-state index contributed by atoms with van der Waals surface area (Å²) in [5.74, 6) is 0. The molecule has 1 saturated heterocycles. The third kappa shape index (κ3) is 2.42. The van der Waals surface area contributed by atoms with Crippen molar-refractivity contribution in [3.63, 3.8) is 0 Å². The van der Waals surface area contributed by atoms with E-state index in [0.717, 1.165) is 10.8 Å². The van der Waals surface area contributed by atoms with Crippen LogP contribution in [-0.4, -0.2) is 16.4 Å². The normalized spacial score (nSPS) is 22.1. The zero-order valence-electron chi connectivity index (χ0n) is 10.7. The van der Waals surface area contributed by atoms with Crippen LogP contribution < -0.4 is 15.5 Å². The Kier molecular flexibility index (Phi) is 2.87.